The van der Waals surface area contributed by atoms with Crippen LogP contribution >= 0.6 is 15.9 Å². The van der Waals surface area contributed by atoms with Crippen LogP contribution in [0.1, 0.15) is 36.6 Å². The summed E-state index contributed by atoms with van der Waals surface area (Å²) in [4.78, 5) is 2.33. The number of hydrogen-bond acceptors (Lipinski definition) is 5. The van der Waals surface area contributed by atoms with Gasteiger partial charge in [0.2, 0.25) is 0 Å². The molecule has 0 aliphatic carbocycles. The van der Waals surface area contributed by atoms with Crippen LogP contribution in [0.15, 0.2) is 46.9 Å². The number of nitrogens with one attached hydrogen (secondary N) is 1. The van der Waals surface area contributed by atoms with Crippen molar-refractivity contribution in [1.82, 2.24) is 14.7 Å². The number of benzene rings is 2. The lowest BCUT2D eigenvalue weighted by Crippen LogP contribution is -2.39. The Bertz CT molecular complexity index is 1050. The zero-order valence-corrected chi connectivity index (χ0v) is 19.2. The van der Waals surface area contributed by atoms with E-state index in [9.17, 15) is 5.11 Å². The molecule has 6 nitrogen and oxygen atoms in total. The van der Waals surface area contributed by atoms with Crippen molar-refractivity contribution in [3.8, 4) is 0 Å². The van der Waals surface area contributed by atoms with Crippen LogP contribution in [0, 0.1) is 0 Å². The second-order valence-electron chi connectivity index (χ2n) is 8.54. The molecule has 2 aliphatic heterocycles. The minimum absolute atomic E-state index is 0.0381. The highest BCUT2D eigenvalue weighted by Gasteiger charge is 2.23. The molecule has 7 heteroatoms. The first kappa shape index (κ1) is 20.9. The highest BCUT2D eigenvalue weighted by Crippen LogP contribution is 2.34. The molecule has 2 atom stereocenters. The van der Waals surface area contributed by atoms with E-state index in [-0.39, 0.29) is 6.23 Å². The van der Waals surface area contributed by atoms with Crippen LogP contribution in [0.5, 0.6) is 0 Å². The third kappa shape index (κ3) is 4.51. The maximum Gasteiger partial charge on any atom is 0.156 e. The number of rotatable bonds is 6. The summed E-state index contributed by atoms with van der Waals surface area (Å²) in [5, 5.41) is 20.0. The topological polar surface area (TPSA) is 62.6 Å². The first-order chi connectivity index (χ1) is 15.2. The molecule has 31 heavy (non-hydrogen) atoms. The average molecular weight is 485 g/mol. The van der Waals surface area contributed by atoms with E-state index < -0.39 is 6.10 Å². The molecule has 2 unspecified atom stereocenters. The summed E-state index contributed by atoms with van der Waals surface area (Å²) in [5.74, 6) is 0.800. The molecule has 1 aromatic heterocycles. The zero-order valence-electron chi connectivity index (χ0n) is 17.6. The van der Waals surface area contributed by atoms with Crippen molar-refractivity contribution in [2.75, 3.05) is 31.6 Å². The molecule has 2 N–H and O–H groups in total. The van der Waals surface area contributed by atoms with Crippen molar-refractivity contribution < 1.29 is 9.84 Å². The largest absolute Gasteiger partial charge is 0.390 e. The summed E-state index contributed by atoms with van der Waals surface area (Å²) in [5.41, 5.74) is 3.84. The Hall–Kier alpha value is -1.93. The Morgan fingerprint density at radius 2 is 2.03 bits per heavy atom. The van der Waals surface area contributed by atoms with Crippen LogP contribution in [0.3, 0.4) is 0 Å². The fourth-order valence-electron chi connectivity index (χ4n) is 4.69. The molecule has 2 aliphatic rings. The fraction of sp³-hybridized carbons (Fsp3) is 0.458. The van der Waals surface area contributed by atoms with E-state index in [0.717, 1.165) is 66.6 Å². The number of aliphatic hydroxyl groups is 1. The SMILES string of the molecule is OC(CNc1nn(C2CCCCO2)c2c(Br)cccc12)CN1CCc2ccccc2C1. The minimum atomic E-state index is -0.469. The van der Waals surface area contributed by atoms with Gasteiger partial charge in [0.05, 0.1) is 11.6 Å². The summed E-state index contributed by atoms with van der Waals surface area (Å²) in [6, 6.07) is 14.7. The number of ether oxygens (including phenoxy) is 1. The van der Waals surface area contributed by atoms with Gasteiger partial charge in [-0.05, 0) is 64.9 Å². The summed E-state index contributed by atoms with van der Waals surface area (Å²) in [6.07, 6.45) is 3.76. The molecule has 0 saturated carbocycles. The molecule has 2 aromatic carbocycles. The van der Waals surface area contributed by atoms with Crippen LogP contribution < -0.4 is 5.32 Å². The number of anilines is 1. The van der Waals surface area contributed by atoms with Crippen molar-refractivity contribution in [3.63, 3.8) is 0 Å². The van der Waals surface area contributed by atoms with Gasteiger partial charge < -0.3 is 15.2 Å². The molecule has 1 fully saturated rings. The Labute approximate surface area is 191 Å². The standard InChI is InChI=1S/C24H29BrN4O2/c25-21-9-5-8-20-23(21)29(22-10-3-4-13-31-22)27-24(20)26-14-19(30)16-28-12-11-17-6-1-2-7-18(17)15-28/h1-2,5-9,19,22,30H,3-4,10-16H2,(H,26,27). The number of aromatic nitrogens is 2. The third-order valence-corrected chi connectivity index (χ3v) is 6.93. The van der Waals surface area contributed by atoms with Crippen LogP contribution in [0.2, 0.25) is 0 Å². The molecule has 3 heterocycles. The van der Waals surface area contributed by atoms with Crippen molar-refractivity contribution in [3.05, 3.63) is 58.1 Å². The van der Waals surface area contributed by atoms with E-state index in [1.165, 1.54) is 11.1 Å². The Morgan fingerprint density at radius 3 is 2.87 bits per heavy atom. The van der Waals surface area contributed by atoms with E-state index >= 15 is 0 Å². The van der Waals surface area contributed by atoms with Gasteiger partial charge in [-0.1, -0.05) is 30.3 Å². The molecule has 3 aromatic rings. The number of β-amino-alcohol motifs (C(OH)–C–C–N with tert-alkyl or cyclic N) is 1. The quantitative estimate of drug-likeness (QED) is 0.545. The highest BCUT2D eigenvalue weighted by molar-refractivity contribution is 9.10. The maximum absolute atomic E-state index is 10.7. The predicted octanol–water partition coefficient (Wildman–Crippen LogP) is 4.33. The van der Waals surface area contributed by atoms with Gasteiger partial charge in [-0.2, -0.15) is 5.10 Å². The summed E-state index contributed by atoms with van der Waals surface area (Å²) in [6.45, 7) is 3.77. The van der Waals surface area contributed by atoms with Gasteiger partial charge in [0.25, 0.3) is 0 Å². The van der Waals surface area contributed by atoms with E-state index in [0.29, 0.717) is 13.1 Å². The van der Waals surface area contributed by atoms with Crippen molar-refractivity contribution in [2.24, 2.45) is 0 Å². The van der Waals surface area contributed by atoms with Gasteiger partial charge in [0.15, 0.2) is 12.0 Å². The second-order valence-corrected chi connectivity index (χ2v) is 9.39. The first-order valence-electron chi connectivity index (χ1n) is 11.2. The second kappa shape index (κ2) is 9.28. The summed E-state index contributed by atoms with van der Waals surface area (Å²) >= 11 is 3.69. The lowest BCUT2D eigenvalue weighted by Gasteiger charge is -2.30. The average Bonchev–Trinajstić information content (AvgIpc) is 3.18. The number of halogens is 1. The summed E-state index contributed by atoms with van der Waals surface area (Å²) < 4.78 is 8.99. The van der Waals surface area contributed by atoms with Crippen LogP contribution in [0.25, 0.3) is 10.9 Å². The van der Waals surface area contributed by atoms with E-state index in [1.807, 2.05) is 16.8 Å². The van der Waals surface area contributed by atoms with E-state index in [4.69, 9.17) is 9.84 Å². The molecule has 0 amide bonds. The van der Waals surface area contributed by atoms with Crippen molar-refractivity contribution in [2.45, 2.75) is 44.6 Å². The molecule has 1 saturated heterocycles. The van der Waals surface area contributed by atoms with Crippen LogP contribution in [-0.4, -0.2) is 52.1 Å². The predicted molar refractivity (Wildman–Crippen MR) is 126 cm³/mol. The fourth-order valence-corrected chi connectivity index (χ4v) is 5.24. The van der Waals surface area contributed by atoms with Gasteiger partial charge >= 0.3 is 0 Å². The zero-order chi connectivity index (χ0) is 21.2. The molecule has 0 bridgehead atoms. The number of aliphatic hydroxyl groups excluding tert-OH is 1. The molecule has 164 valence electrons. The van der Waals surface area contributed by atoms with Gasteiger partial charge in [-0.3, -0.25) is 4.90 Å². The van der Waals surface area contributed by atoms with Crippen LogP contribution in [-0.2, 0) is 17.7 Å². The van der Waals surface area contributed by atoms with Crippen LogP contribution in [0.4, 0.5) is 5.82 Å². The number of nitrogens with zero attached hydrogens (tertiary/aromatic N) is 3. The van der Waals surface area contributed by atoms with Gasteiger partial charge in [0, 0.05) is 42.6 Å². The number of para-hydroxylation sites is 1. The number of hydrogen-bond donors (Lipinski definition) is 2. The van der Waals surface area contributed by atoms with E-state index in [2.05, 4.69) is 56.5 Å². The highest BCUT2D eigenvalue weighted by atomic mass is 79.9. The Morgan fingerprint density at radius 1 is 1.16 bits per heavy atom. The lowest BCUT2D eigenvalue weighted by molar-refractivity contribution is -0.0365. The van der Waals surface area contributed by atoms with E-state index in [1.54, 1.807) is 0 Å². The smallest absolute Gasteiger partial charge is 0.156 e. The van der Waals surface area contributed by atoms with Gasteiger partial charge in [0.1, 0.15) is 0 Å². The maximum atomic E-state index is 10.7. The summed E-state index contributed by atoms with van der Waals surface area (Å²) in [7, 11) is 0. The lowest BCUT2D eigenvalue weighted by atomic mass is 10.00. The van der Waals surface area contributed by atoms with Gasteiger partial charge in [-0.25, -0.2) is 4.68 Å². The molecule has 5 rings (SSSR count). The van der Waals surface area contributed by atoms with Crippen molar-refractivity contribution in [1.29, 1.82) is 0 Å². The van der Waals surface area contributed by atoms with Crippen molar-refractivity contribution >= 4 is 32.7 Å². The third-order valence-electron chi connectivity index (χ3n) is 6.29. The number of fused-ring (bicyclic) bond motifs is 2. The normalized spacial score (nSPS) is 20.5. The monoisotopic (exact) mass is 484 g/mol. The Kier molecular flexibility index (Phi) is 6.27. The van der Waals surface area contributed by atoms with Gasteiger partial charge in [-0.15, -0.1) is 0 Å². The molecular formula is C24H29BrN4O2. The molecular weight excluding hydrogens is 456 g/mol. The Balaban J connectivity index is 1.27. The first-order valence-corrected chi connectivity index (χ1v) is 12.0. The molecule has 0 spiro atoms. The minimum Gasteiger partial charge on any atom is -0.390 e. The molecule has 0 radical (unpaired) electrons.